The minimum absolute atomic E-state index is 0.175. The molecule has 0 N–H and O–H groups in total. The summed E-state index contributed by atoms with van der Waals surface area (Å²) in [7, 11) is 0. The number of benzene rings is 1. The summed E-state index contributed by atoms with van der Waals surface area (Å²) in [6, 6.07) is 3.11. The van der Waals surface area contributed by atoms with Crippen LogP contribution in [-0.2, 0) is 0 Å². The summed E-state index contributed by atoms with van der Waals surface area (Å²) < 4.78 is 13.3. The van der Waals surface area contributed by atoms with Gasteiger partial charge in [-0.1, -0.05) is 45.4 Å². The third-order valence-corrected chi connectivity index (χ3v) is 4.39. The van der Waals surface area contributed by atoms with Crippen molar-refractivity contribution in [1.82, 2.24) is 0 Å². The summed E-state index contributed by atoms with van der Waals surface area (Å²) in [5, 5.41) is 0.241. The van der Waals surface area contributed by atoms with Gasteiger partial charge in [0.15, 0.2) is 0 Å². The molecule has 102 valence electrons. The van der Waals surface area contributed by atoms with E-state index in [9.17, 15) is 4.39 Å². The van der Waals surface area contributed by atoms with E-state index in [0.29, 0.717) is 16.5 Å². The summed E-state index contributed by atoms with van der Waals surface area (Å²) in [6.07, 6.45) is 0.829. The smallest absolute Gasteiger partial charge is 0.127 e. The van der Waals surface area contributed by atoms with Gasteiger partial charge in [0.1, 0.15) is 5.82 Å². The quantitative estimate of drug-likeness (QED) is 0.587. The van der Waals surface area contributed by atoms with Crippen LogP contribution in [0.3, 0.4) is 0 Å². The van der Waals surface area contributed by atoms with Gasteiger partial charge < -0.3 is 0 Å². The second kappa shape index (κ2) is 5.79. The molecule has 0 aliphatic heterocycles. The fourth-order valence-corrected chi connectivity index (χ4v) is 2.50. The maximum absolute atomic E-state index is 13.3. The van der Waals surface area contributed by atoms with E-state index in [0.717, 1.165) is 12.0 Å². The summed E-state index contributed by atoms with van der Waals surface area (Å²) in [5.74, 6) is 0.179. The molecule has 2 unspecified atom stereocenters. The largest absolute Gasteiger partial charge is 0.207 e. The molecule has 0 fully saturated rings. The average Bonchev–Trinajstić information content (AvgIpc) is 2.21. The predicted molar refractivity (Wildman–Crippen MR) is 78.0 cm³/mol. The van der Waals surface area contributed by atoms with Gasteiger partial charge in [0.2, 0.25) is 0 Å². The van der Waals surface area contributed by atoms with Crippen molar-refractivity contribution in [2.75, 3.05) is 0 Å². The maximum Gasteiger partial charge on any atom is 0.127 e. The third-order valence-electron chi connectivity index (χ3n) is 3.65. The maximum atomic E-state index is 13.3. The van der Waals surface area contributed by atoms with E-state index in [1.807, 2.05) is 0 Å². The van der Waals surface area contributed by atoms with Crippen molar-refractivity contribution in [3.63, 3.8) is 0 Å². The Bertz CT molecular complexity index is 421. The summed E-state index contributed by atoms with van der Waals surface area (Å²) in [4.78, 5) is 0. The normalized spacial score (nSPS) is 15.6. The van der Waals surface area contributed by atoms with E-state index in [4.69, 9.17) is 23.2 Å². The second-order valence-electron chi connectivity index (χ2n) is 6.09. The molecule has 0 saturated heterocycles. The zero-order chi connectivity index (χ0) is 14.1. The highest BCUT2D eigenvalue weighted by Crippen LogP contribution is 2.39. The number of halogens is 3. The van der Waals surface area contributed by atoms with Crippen LogP contribution in [0.4, 0.5) is 4.39 Å². The molecule has 18 heavy (non-hydrogen) atoms. The molecule has 2 atom stereocenters. The molecule has 3 heteroatoms. The van der Waals surface area contributed by atoms with Gasteiger partial charge in [0.05, 0.1) is 5.38 Å². The van der Waals surface area contributed by atoms with Gasteiger partial charge in [-0.05, 0) is 41.9 Å². The topological polar surface area (TPSA) is 0 Å². The zero-order valence-electron chi connectivity index (χ0n) is 11.7. The lowest BCUT2D eigenvalue weighted by Gasteiger charge is -2.29. The third kappa shape index (κ3) is 3.86. The number of alkyl halides is 1. The summed E-state index contributed by atoms with van der Waals surface area (Å²) in [5.41, 5.74) is 1.62. The van der Waals surface area contributed by atoms with Crippen LogP contribution < -0.4 is 0 Å². The Morgan fingerprint density at radius 1 is 1.28 bits per heavy atom. The number of rotatable bonds is 3. The first kappa shape index (κ1) is 15.8. The Morgan fingerprint density at radius 3 is 2.33 bits per heavy atom. The minimum Gasteiger partial charge on any atom is -0.207 e. The van der Waals surface area contributed by atoms with Crippen LogP contribution in [0, 0.1) is 24.1 Å². The van der Waals surface area contributed by atoms with E-state index >= 15 is 0 Å². The Balaban J connectivity index is 2.91. The second-order valence-corrected chi connectivity index (χ2v) is 7.03. The van der Waals surface area contributed by atoms with Crippen LogP contribution in [0.2, 0.25) is 5.02 Å². The van der Waals surface area contributed by atoms with Crippen molar-refractivity contribution in [3.8, 4) is 0 Å². The Hall–Kier alpha value is -0.270. The lowest BCUT2D eigenvalue weighted by molar-refractivity contribution is 0.245. The summed E-state index contributed by atoms with van der Waals surface area (Å²) >= 11 is 12.5. The predicted octanol–water partition coefficient (Wildman–Crippen LogP) is 6.14. The monoisotopic (exact) mass is 290 g/mol. The molecular formula is C15H21Cl2F. The molecule has 0 heterocycles. The molecule has 0 nitrogen and oxygen atoms in total. The number of aryl methyl sites for hydroxylation is 1. The van der Waals surface area contributed by atoms with Crippen molar-refractivity contribution in [1.29, 1.82) is 0 Å². The van der Waals surface area contributed by atoms with Crippen molar-refractivity contribution >= 4 is 23.2 Å². The average molecular weight is 291 g/mol. The molecule has 1 rings (SSSR count). The molecular weight excluding hydrogens is 270 g/mol. The standard InChI is InChI=1S/C15H21Cl2F/c1-9-6-11(13(17)8-14(9)18)12(16)7-10(2)15(3,4)5/h6,8,10,12H,7H2,1-5H3. The van der Waals surface area contributed by atoms with E-state index in [2.05, 4.69) is 27.7 Å². The van der Waals surface area contributed by atoms with Crippen molar-refractivity contribution < 1.29 is 4.39 Å². The molecule has 0 aromatic heterocycles. The van der Waals surface area contributed by atoms with Gasteiger partial charge in [-0.2, -0.15) is 0 Å². The molecule has 0 radical (unpaired) electrons. The Kier molecular flexibility index (Phi) is 5.08. The first-order valence-corrected chi connectivity index (χ1v) is 7.04. The first-order valence-electron chi connectivity index (χ1n) is 6.22. The SMILES string of the molecule is Cc1cc(C(Cl)CC(C)C(C)(C)C)c(Cl)cc1F. The van der Waals surface area contributed by atoms with E-state index in [1.54, 1.807) is 13.0 Å². The van der Waals surface area contributed by atoms with E-state index in [-0.39, 0.29) is 16.6 Å². The van der Waals surface area contributed by atoms with Crippen LogP contribution in [0.25, 0.3) is 0 Å². The zero-order valence-corrected chi connectivity index (χ0v) is 13.2. The fraction of sp³-hybridized carbons (Fsp3) is 0.600. The highest BCUT2D eigenvalue weighted by molar-refractivity contribution is 6.32. The van der Waals surface area contributed by atoms with E-state index in [1.165, 1.54) is 6.07 Å². The van der Waals surface area contributed by atoms with Gasteiger partial charge in [-0.25, -0.2) is 4.39 Å². The molecule has 1 aromatic rings. The van der Waals surface area contributed by atoms with Gasteiger partial charge in [0, 0.05) is 5.02 Å². The molecule has 0 spiro atoms. The molecule has 0 aliphatic rings. The van der Waals surface area contributed by atoms with E-state index < -0.39 is 0 Å². The summed E-state index contributed by atoms with van der Waals surface area (Å²) in [6.45, 7) is 10.5. The lowest BCUT2D eigenvalue weighted by Crippen LogP contribution is -2.18. The fourth-order valence-electron chi connectivity index (χ4n) is 1.71. The van der Waals surface area contributed by atoms with Crippen molar-refractivity contribution in [2.45, 2.75) is 46.4 Å². The van der Waals surface area contributed by atoms with Crippen LogP contribution in [0.15, 0.2) is 12.1 Å². The molecule has 0 amide bonds. The van der Waals surface area contributed by atoms with Crippen LogP contribution >= 0.6 is 23.2 Å². The van der Waals surface area contributed by atoms with Crippen LogP contribution in [0.1, 0.15) is 50.6 Å². The van der Waals surface area contributed by atoms with Crippen LogP contribution in [-0.4, -0.2) is 0 Å². The van der Waals surface area contributed by atoms with Crippen LogP contribution in [0.5, 0.6) is 0 Å². The molecule has 0 aliphatic carbocycles. The van der Waals surface area contributed by atoms with Gasteiger partial charge in [-0.15, -0.1) is 11.6 Å². The van der Waals surface area contributed by atoms with Crippen molar-refractivity contribution in [2.24, 2.45) is 11.3 Å². The highest BCUT2D eigenvalue weighted by Gasteiger charge is 2.24. The number of hydrogen-bond donors (Lipinski definition) is 0. The Labute approximate surface area is 119 Å². The Morgan fingerprint density at radius 2 is 1.83 bits per heavy atom. The van der Waals surface area contributed by atoms with Gasteiger partial charge in [0.25, 0.3) is 0 Å². The minimum atomic E-state index is -0.281. The van der Waals surface area contributed by atoms with Gasteiger partial charge in [-0.3, -0.25) is 0 Å². The van der Waals surface area contributed by atoms with Crippen molar-refractivity contribution in [3.05, 3.63) is 34.1 Å². The lowest BCUT2D eigenvalue weighted by atomic mass is 9.79. The first-order chi connectivity index (χ1) is 8.12. The van der Waals surface area contributed by atoms with Gasteiger partial charge >= 0.3 is 0 Å². The number of hydrogen-bond acceptors (Lipinski definition) is 0. The molecule has 1 aromatic carbocycles. The molecule has 0 bridgehead atoms. The highest BCUT2D eigenvalue weighted by atomic mass is 35.5. The molecule has 0 saturated carbocycles.